The van der Waals surface area contributed by atoms with Gasteiger partial charge in [-0.25, -0.2) is 4.98 Å². The molecule has 0 aliphatic rings. The SMILES string of the molecule is CCCCN(CCO)c1cnc2ccccc2n1. The highest BCUT2D eigenvalue weighted by Gasteiger charge is 2.08. The molecule has 0 radical (unpaired) electrons. The number of unbranched alkanes of at least 4 members (excludes halogenated alkanes) is 1. The van der Waals surface area contributed by atoms with E-state index in [1.165, 1.54) is 0 Å². The minimum atomic E-state index is 0.137. The molecular weight excluding hydrogens is 226 g/mol. The normalized spacial score (nSPS) is 10.8. The molecule has 2 aromatic rings. The van der Waals surface area contributed by atoms with Gasteiger partial charge in [0.05, 0.1) is 23.8 Å². The predicted molar refractivity (Wildman–Crippen MR) is 73.7 cm³/mol. The standard InChI is InChI=1S/C14H19N3O/c1-2-3-8-17(9-10-18)14-11-15-12-6-4-5-7-13(12)16-14/h4-7,11,18H,2-3,8-10H2,1H3. The Hall–Kier alpha value is -1.68. The highest BCUT2D eigenvalue weighted by molar-refractivity contribution is 5.75. The lowest BCUT2D eigenvalue weighted by atomic mass is 10.3. The van der Waals surface area contributed by atoms with Crippen molar-refractivity contribution in [2.45, 2.75) is 19.8 Å². The zero-order valence-electron chi connectivity index (χ0n) is 10.7. The molecule has 0 fully saturated rings. The second kappa shape index (κ2) is 6.31. The molecule has 1 aromatic carbocycles. The molecule has 0 aliphatic heterocycles. The molecule has 2 rings (SSSR count). The van der Waals surface area contributed by atoms with Crippen LogP contribution < -0.4 is 4.90 Å². The molecule has 0 bridgehead atoms. The average Bonchev–Trinajstić information content (AvgIpc) is 2.43. The first-order valence-corrected chi connectivity index (χ1v) is 6.42. The van der Waals surface area contributed by atoms with Crippen LogP contribution in [0.5, 0.6) is 0 Å². The first-order valence-electron chi connectivity index (χ1n) is 6.42. The van der Waals surface area contributed by atoms with E-state index in [1.54, 1.807) is 6.20 Å². The van der Waals surface area contributed by atoms with E-state index in [9.17, 15) is 0 Å². The van der Waals surface area contributed by atoms with Crippen LogP contribution in [-0.4, -0.2) is 34.8 Å². The summed E-state index contributed by atoms with van der Waals surface area (Å²) in [5, 5.41) is 9.12. The molecule has 0 spiro atoms. The lowest BCUT2D eigenvalue weighted by Gasteiger charge is -2.22. The van der Waals surface area contributed by atoms with Crippen LogP contribution in [0.15, 0.2) is 30.5 Å². The molecule has 1 N–H and O–H groups in total. The molecule has 1 aromatic heterocycles. The van der Waals surface area contributed by atoms with Gasteiger partial charge in [0.1, 0.15) is 5.82 Å². The van der Waals surface area contributed by atoms with Crippen molar-refractivity contribution in [2.24, 2.45) is 0 Å². The molecular formula is C14H19N3O. The van der Waals surface area contributed by atoms with E-state index in [4.69, 9.17) is 5.11 Å². The lowest BCUT2D eigenvalue weighted by molar-refractivity contribution is 0.301. The summed E-state index contributed by atoms with van der Waals surface area (Å²) >= 11 is 0. The number of rotatable bonds is 6. The maximum Gasteiger partial charge on any atom is 0.147 e. The van der Waals surface area contributed by atoms with Crippen LogP contribution >= 0.6 is 0 Å². The minimum Gasteiger partial charge on any atom is -0.395 e. The number of fused-ring (bicyclic) bond motifs is 1. The molecule has 18 heavy (non-hydrogen) atoms. The van der Waals surface area contributed by atoms with Crippen molar-refractivity contribution in [1.82, 2.24) is 9.97 Å². The van der Waals surface area contributed by atoms with Crippen molar-refractivity contribution in [3.63, 3.8) is 0 Å². The van der Waals surface area contributed by atoms with Gasteiger partial charge >= 0.3 is 0 Å². The summed E-state index contributed by atoms with van der Waals surface area (Å²) in [6.45, 7) is 3.80. The Morgan fingerprint density at radius 2 is 1.94 bits per heavy atom. The smallest absolute Gasteiger partial charge is 0.147 e. The van der Waals surface area contributed by atoms with Gasteiger partial charge in [-0.15, -0.1) is 0 Å². The van der Waals surface area contributed by atoms with Crippen LogP contribution in [0.1, 0.15) is 19.8 Å². The van der Waals surface area contributed by atoms with Crippen molar-refractivity contribution < 1.29 is 5.11 Å². The average molecular weight is 245 g/mol. The van der Waals surface area contributed by atoms with Gasteiger partial charge in [-0.05, 0) is 18.6 Å². The topological polar surface area (TPSA) is 49.2 Å². The third-order valence-electron chi connectivity index (χ3n) is 2.91. The summed E-state index contributed by atoms with van der Waals surface area (Å²) in [4.78, 5) is 11.1. The number of benzene rings is 1. The molecule has 0 atom stereocenters. The van der Waals surface area contributed by atoms with Gasteiger partial charge < -0.3 is 10.0 Å². The Labute approximate surface area is 107 Å². The Morgan fingerprint density at radius 3 is 2.67 bits per heavy atom. The summed E-state index contributed by atoms with van der Waals surface area (Å²) < 4.78 is 0. The maximum absolute atomic E-state index is 9.12. The summed E-state index contributed by atoms with van der Waals surface area (Å²) in [7, 11) is 0. The summed E-state index contributed by atoms with van der Waals surface area (Å²) in [6.07, 6.45) is 4.01. The first kappa shape index (κ1) is 12.8. The highest BCUT2D eigenvalue weighted by atomic mass is 16.3. The molecule has 4 heteroatoms. The van der Waals surface area contributed by atoms with Gasteiger partial charge in [0.2, 0.25) is 0 Å². The Balaban J connectivity index is 2.25. The molecule has 0 aliphatic carbocycles. The highest BCUT2D eigenvalue weighted by Crippen LogP contribution is 2.15. The molecule has 0 amide bonds. The van der Waals surface area contributed by atoms with E-state index >= 15 is 0 Å². The van der Waals surface area contributed by atoms with Gasteiger partial charge in [0.25, 0.3) is 0 Å². The number of hydrogen-bond donors (Lipinski definition) is 1. The van der Waals surface area contributed by atoms with Crippen molar-refractivity contribution in [2.75, 3.05) is 24.6 Å². The number of nitrogens with zero attached hydrogens (tertiary/aromatic N) is 3. The van der Waals surface area contributed by atoms with Gasteiger partial charge in [-0.3, -0.25) is 4.98 Å². The predicted octanol–water partition coefficient (Wildman–Crippen LogP) is 2.23. The third kappa shape index (κ3) is 2.96. The number of para-hydroxylation sites is 2. The number of hydrogen-bond acceptors (Lipinski definition) is 4. The van der Waals surface area contributed by atoms with Gasteiger partial charge in [-0.2, -0.15) is 0 Å². The first-order chi connectivity index (χ1) is 8.85. The van der Waals surface area contributed by atoms with Crippen LogP contribution in [0, 0.1) is 0 Å². The van der Waals surface area contributed by atoms with Crippen molar-refractivity contribution >= 4 is 16.9 Å². The zero-order valence-corrected chi connectivity index (χ0v) is 10.7. The molecule has 0 saturated carbocycles. The molecule has 0 saturated heterocycles. The second-order valence-electron chi connectivity index (χ2n) is 4.28. The van der Waals surface area contributed by atoms with E-state index in [2.05, 4.69) is 21.8 Å². The van der Waals surface area contributed by atoms with E-state index in [1.807, 2.05) is 24.3 Å². The largest absolute Gasteiger partial charge is 0.395 e. The Morgan fingerprint density at radius 1 is 1.17 bits per heavy atom. The van der Waals surface area contributed by atoms with Crippen LogP contribution in [0.3, 0.4) is 0 Å². The second-order valence-corrected chi connectivity index (χ2v) is 4.28. The number of aliphatic hydroxyl groups is 1. The van der Waals surface area contributed by atoms with Crippen LogP contribution in [-0.2, 0) is 0 Å². The third-order valence-corrected chi connectivity index (χ3v) is 2.91. The molecule has 1 heterocycles. The van der Waals surface area contributed by atoms with Crippen molar-refractivity contribution in [1.29, 1.82) is 0 Å². The fraction of sp³-hybridized carbons (Fsp3) is 0.429. The van der Waals surface area contributed by atoms with Crippen molar-refractivity contribution in [3.8, 4) is 0 Å². The van der Waals surface area contributed by atoms with Crippen molar-refractivity contribution in [3.05, 3.63) is 30.5 Å². The number of anilines is 1. The summed E-state index contributed by atoms with van der Waals surface area (Å²) in [6, 6.07) is 7.83. The Kier molecular flexibility index (Phi) is 4.47. The molecule has 96 valence electrons. The zero-order chi connectivity index (χ0) is 12.8. The van der Waals surface area contributed by atoms with E-state index < -0.39 is 0 Å². The fourth-order valence-corrected chi connectivity index (χ4v) is 1.91. The van der Waals surface area contributed by atoms with E-state index in [0.29, 0.717) is 6.54 Å². The van der Waals surface area contributed by atoms with Crippen LogP contribution in [0.4, 0.5) is 5.82 Å². The fourth-order valence-electron chi connectivity index (χ4n) is 1.91. The number of aromatic nitrogens is 2. The minimum absolute atomic E-state index is 0.137. The van der Waals surface area contributed by atoms with Gasteiger partial charge in [0, 0.05) is 13.1 Å². The van der Waals surface area contributed by atoms with E-state index in [-0.39, 0.29) is 6.61 Å². The Bertz CT molecular complexity index is 501. The van der Waals surface area contributed by atoms with Gasteiger partial charge in [-0.1, -0.05) is 25.5 Å². The maximum atomic E-state index is 9.12. The molecule has 0 unspecified atom stereocenters. The van der Waals surface area contributed by atoms with Crippen LogP contribution in [0.2, 0.25) is 0 Å². The monoisotopic (exact) mass is 245 g/mol. The molecule has 4 nitrogen and oxygen atoms in total. The summed E-state index contributed by atoms with van der Waals surface area (Å²) in [5.41, 5.74) is 1.80. The summed E-state index contributed by atoms with van der Waals surface area (Å²) in [5.74, 6) is 0.844. The van der Waals surface area contributed by atoms with Crippen LogP contribution in [0.25, 0.3) is 11.0 Å². The number of aliphatic hydroxyl groups excluding tert-OH is 1. The van der Waals surface area contributed by atoms with E-state index in [0.717, 1.165) is 36.2 Å². The van der Waals surface area contributed by atoms with Gasteiger partial charge in [0.15, 0.2) is 0 Å². The quantitative estimate of drug-likeness (QED) is 0.848. The lowest BCUT2D eigenvalue weighted by Crippen LogP contribution is -2.28.